The van der Waals surface area contributed by atoms with Crippen molar-refractivity contribution in [3.05, 3.63) is 53.3 Å². The van der Waals surface area contributed by atoms with Gasteiger partial charge in [-0.15, -0.1) is 0 Å². The van der Waals surface area contributed by atoms with Crippen LogP contribution in [0.4, 0.5) is 15.8 Å². The molecule has 31 heavy (non-hydrogen) atoms. The van der Waals surface area contributed by atoms with Gasteiger partial charge in [-0.05, 0) is 74.8 Å². The predicted octanol–water partition coefficient (Wildman–Crippen LogP) is 4.29. The molecule has 1 fully saturated rings. The van der Waals surface area contributed by atoms with Gasteiger partial charge in [0.25, 0.3) is 0 Å². The molecule has 0 aliphatic carbocycles. The lowest BCUT2D eigenvalue weighted by Gasteiger charge is -2.22. The lowest BCUT2D eigenvalue weighted by Crippen LogP contribution is -2.31. The molecule has 3 rings (SSSR count). The Morgan fingerprint density at radius 1 is 1.19 bits per heavy atom. The summed E-state index contributed by atoms with van der Waals surface area (Å²) in [6.45, 7) is 5.22. The van der Waals surface area contributed by atoms with E-state index in [1.807, 2.05) is 30.3 Å². The molecular weight excluding hydrogens is 393 g/mol. The number of anilines is 2. The van der Waals surface area contributed by atoms with Crippen LogP contribution in [-0.4, -0.2) is 56.4 Å². The maximum absolute atomic E-state index is 14.8. The zero-order valence-electron chi connectivity index (χ0n) is 19.0. The summed E-state index contributed by atoms with van der Waals surface area (Å²) in [5, 5.41) is 13.0. The number of hydrogen-bond acceptors (Lipinski definition) is 5. The minimum atomic E-state index is -0.188. The monoisotopic (exact) mass is 429 g/mol. The van der Waals surface area contributed by atoms with Crippen molar-refractivity contribution in [3.63, 3.8) is 0 Å². The molecule has 1 saturated heterocycles. The summed E-state index contributed by atoms with van der Waals surface area (Å²) in [6, 6.07) is 11.7. The second-order valence-corrected chi connectivity index (χ2v) is 8.49. The third-order valence-corrected chi connectivity index (χ3v) is 6.02. The Kier molecular flexibility index (Phi) is 8.55. The first-order valence-corrected chi connectivity index (χ1v) is 11.3. The van der Waals surface area contributed by atoms with Crippen LogP contribution in [0.15, 0.2) is 36.4 Å². The summed E-state index contributed by atoms with van der Waals surface area (Å²) in [7, 11) is 4.15. The van der Waals surface area contributed by atoms with Gasteiger partial charge < -0.3 is 25.0 Å². The van der Waals surface area contributed by atoms with E-state index < -0.39 is 0 Å². The van der Waals surface area contributed by atoms with Gasteiger partial charge in [-0.1, -0.05) is 19.4 Å². The number of unbranched alkanes of at least 4 members (excludes halogenated alkanes) is 1. The summed E-state index contributed by atoms with van der Waals surface area (Å²) < 4.78 is 20.5. The number of nitrogens with one attached hydrogen (secondary N) is 1. The topological polar surface area (TPSA) is 48.0 Å². The number of benzene rings is 2. The second-order valence-electron chi connectivity index (χ2n) is 8.49. The maximum Gasteiger partial charge on any atom is 0.148 e. The van der Waals surface area contributed by atoms with Crippen LogP contribution in [0.3, 0.4) is 0 Å². The van der Waals surface area contributed by atoms with Gasteiger partial charge in [0.1, 0.15) is 11.6 Å². The van der Waals surface area contributed by atoms with E-state index >= 15 is 0 Å². The van der Waals surface area contributed by atoms with E-state index in [1.54, 1.807) is 6.07 Å². The first kappa shape index (κ1) is 23.4. The number of rotatable bonds is 11. The average Bonchev–Trinajstić information content (AvgIpc) is 3.25. The van der Waals surface area contributed by atoms with Crippen LogP contribution < -0.4 is 15.0 Å². The van der Waals surface area contributed by atoms with Crippen LogP contribution >= 0.6 is 0 Å². The Hall–Kier alpha value is -2.31. The minimum absolute atomic E-state index is 0.00231. The molecule has 1 unspecified atom stereocenters. The van der Waals surface area contributed by atoms with E-state index in [0.29, 0.717) is 24.9 Å². The van der Waals surface area contributed by atoms with Crippen molar-refractivity contribution >= 4 is 11.4 Å². The summed E-state index contributed by atoms with van der Waals surface area (Å²) >= 11 is 0. The van der Waals surface area contributed by atoms with Crippen LogP contribution in [-0.2, 0) is 13.0 Å². The van der Waals surface area contributed by atoms with Crippen molar-refractivity contribution in [1.29, 1.82) is 0 Å². The summed E-state index contributed by atoms with van der Waals surface area (Å²) in [4.78, 5) is 4.33. The van der Waals surface area contributed by atoms with Gasteiger partial charge >= 0.3 is 0 Å². The number of halogens is 1. The molecule has 5 nitrogen and oxygen atoms in total. The van der Waals surface area contributed by atoms with Crippen molar-refractivity contribution < 1.29 is 14.2 Å². The van der Waals surface area contributed by atoms with Gasteiger partial charge in [-0.2, -0.15) is 0 Å². The number of hydrogen-bond donors (Lipinski definition) is 2. The number of aliphatic hydroxyl groups is 1. The molecule has 0 aromatic heterocycles. The quantitative estimate of drug-likeness (QED) is 0.522. The fourth-order valence-corrected chi connectivity index (χ4v) is 4.01. The largest absolute Gasteiger partial charge is 0.494 e. The van der Waals surface area contributed by atoms with Crippen LogP contribution in [0.25, 0.3) is 0 Å². The van der Waals surface area contributed by atoms with Gasteiger partial charge in [0, 0.05) is 31.4 Å². The van der Waals surface area contributed by atoms with E-state index in [-0.39, 0.29) is 12.4 Å². The molecule has 2 N–H and O–H groups in total. The summed E-state index contributed by atoms with van der Waals surface area (Å²) in [5.41, 5.74) is 3.39. The molecule has 2 aromatic rings. The number of nitrogens with zero attached hydrogens (tertiary/aromatic N) is 2. The van der Waals surface area contributed by atoms with Gasteiger partial charge in [-0.3, -0.25) is 0 Å². The Bertz CT molecular complexity index is 844. The van der Waals surface area contributed by atoms with Crippen molar-refractivity contribution in [2.75, 3.05) is 50.6 Å². The third kappa shape index (κ3) is 6.34. The molecule has 0 radical (unpaired) electrons. The fourth-order valence-electron chi connectivity index (χ4n) is 4.01. The lowest BCUT2D eigenvalue weighted by atomic mass is 10.0. The SMILES string of the molecule is CCCCOc1ccc(CO)c(CCNc2ccc(N3CCC(N(C)C)C3)c(F)c2)c1. The van der Waals surface area contributed by atoms with Crippen molar-refractivity contribution in [2.24, 2.45) is 0 Å². The molecule has 1 aliphatic rings. The van der Waals surface area contributed by atoms with Crippen molar-refractivity contribution in [2.45, 2.75) is 45.3 Å². The van der Waals surface area contributed by atoms with Crippen LogP contribution in [0.5, 0.6) is 5.75 Å². The van der Waals surface area contributed by atoms with Crippen LogP contribution in [0.1, 0.15) is 37.3 Å². The highest BCUT2D eigenvalue weighted by Crippen LogP contribution is 2.27. The van der Waals surface area contributed by atoms with Gasteiger partial charge in [0.2, 0.25) is 0 Å². The molecule has 0 bridgehead atoms. The Labute approximate surface area is 185 Å². The Morgan fingerprint density at radius 3 is 2.71 bits per heavy atom. The number of likely N-dealkylation sites (N-methyl/N-ethyl adjacent to an activating group) is 1. The first-order chi connectivity index (χ1) is 15.0. The van der Waals surface area contributed by atoms with Crippen LogP contribution in [0, 0.1) is 5.82 Å². The smallest absolute Gasteiger partial charge is 0.148 e. The van der Waals surface area contributed by atoms with E-state index in [9.17, 15) is 9.50 Å². The summed E-state index contributed by atoms with van der Waals surface area (Å²) in [6.07, 6.45) is 3.89. The normalized spacial score (nSPS) is 16.2. The molecule has 2 aromatic carbocycles. The van der Waals surface area contributed by atoms with Crippen molar-refractivity contribution in [3.8, 4) is 5.75 Å². The maximum atomic E-state index is 14.8. The second kappa shape index (κ2) is 11.3. The van der Waals surface area contributed by atoms with E-state index in [1.165, 1.54) is 0 Å². The molecule has 0 saturated carbocycles. The highest BCUT2D eigenvalue weighted by atomic mass is 19.1. The molecular formula is C25H36FN3O2. The van der Waals surface area contributed by atoms with Gasteiger partial charge in [0.15, 0.2) is 0 Å². The average molecular weight is 430 g/mol. The first-order valence-electron chi connectivity index (χ1n) is 11.3. The highest BCUT2D eigenvalue weighted by molar-refractivity contribution is 5.57. The molecule has 6 heteroatoms. The zero-order valence-corrected chi connectivity index (χ0v) is 19.0. The molecule has 1 aliphatic heterocycles. The summed E-state index contributed by atoms with van der Waals surface area (Å²) in [5.74, 6) is 0.643. The highest BCUT2D eigenvalue weighted by Gasteiger charge is 2.25. The minimum Gasteiger partial charge on any atom is -0.494 e. The lowest BCUT2D eigenvalue weighted by molar-refractivity contribution is 0.279. The Morgan fingerprint density at radius 2 is 2.03 bits per heavy atom. The van der Waals surface area contributed by atoms with Crippen molar-refractivity contribution in [1.82, 2.24) is 4.90 Å². The molecule has 1 atom stereocenters. The molecule has 170 valence electrons. The Balaban J connectivity index is 1.57. The fraction of sp³-hybridized carbons (Fsp3) is 0.520. The zero-order chi connectivity index (χ0) is 22.2. The third-order valence-electron chi connectivity index (χ3n) is 6.02. The molecule has 0 amide bonds. The van der Waals surface area contributed by atoms with E-state index in [0.717, 1.165) is 61.3 Å². The molecule has 1 heterocycles. The number of ether oxygens (including phenoxy) is 1. The standard InChI is InChI=1S/C25H36FN3O2/c1-4-5-14-31-23-8-6-20(18-30)19(15-23)10-12-27-21-7-9-25(24(26)16-21)29-13-11-22(17-29)28(2)3/h6-9,15-16,22,27,30H,4-5,10-14,17-18H2,1-3H3. The van der Waals surface area contributed by atoms with Crippen LogP contribution in [0.2, 0.25) is 0 Å². The number of aliphatic hydroxyl groups excluding tert-OH is 1. The predicted molar refractivity (Wildman–Crippen MR) is 126 cm³/mol. The van der Waals surface area contributed by atoms with E-state index in [4.69, 9.17) is 4.74 Å². The van der Waals surface area contributed by atoms with Gasteiger partial charge in [-0.25, -0.2) is 4.39 Å². The van der Waals surface area contributed by atoms with E-state index in [2.05, 4.69) is 36.1 Å². The molecule has 0 spiro atoms. The van der Waals surface area contributed by atoms with Gasteiger partial charge in [0.05, 0.1) is 18.9 Å².